The highest BCUT2D eigenvalue weighted by molar-refractivity contribution is 7.47. The molecule has 0 spiro atoms. The zero-order chi connectivity index (χ0) is 38.1. The van der Waals surface area contributed by atoms with Gasteiger partial charge in [0.25, 0.3) is 0 Å². The maximum atomic E-state index is 12.4. The fourth-order valence-corrected chi connectivity index (χ4v) is 7.22. The van der Waals surface area contributed by atoms with Gasteiger partial charge in [-0.05, 0) is 25.3 Å². The minimum Gasteiger partial charge on any atom is -0.492 e. The number of phosphoric acid groups is 1. The Kier molecular flexibility index (Phi) is 40.5. The first-order valence-electron chi connectivity index (χ1n) is 22.2. The highest BCUT2D eigenvalue weighted by Gasteiger charge is 2.24. The molecular formula is C43H86NO7P. The van der Waals surface area contributed by atoms with Gasteiger partial charge in [-0.3, -0.25) is 13.8 Å². The Morgan fingerprint density at radius 3 is 1.37 bits per heavy atom. The number of unbranched alkanes of at least 4 members (excludes halogenated alkanes) is 30. The molecular weight excluding hydrogens is 673 g/mol. The number of carbonyl (C=O) groups is 1. The Balaban J connectivity index is 4.01. The number of ether oxygens (including phenoxy) is 2. The predicted molar refractivity (Wildman–Crippen MR) is 219 cm³/mol. The molecule has 0 fully saturated rings. The summed E-state index contributed by atoms with van der Waals surface area (Å²) in [5, 5.41) is 0. The quantitative estimate of drug-likeness (QED) is 0.0273. The van der Waals surface area contributed by atoms with Crippen molar-refractivity contribution in [3.63, 3.8) is 0 Å². The van der Waals surface area contributed by atoms with E-state index in [4.69, 9.17) is 24.3 Å². The molecule has 0 radical (unpaired) electrons. The zero-order valence-electron chi connectivity index (χ0n) is 34.3. The fraction of sp³-hybridized carbons (Fsp3) is 0.930. The van der Waals surface area contributed by atoms with E-state index >= 15 is 0 Å². The number of hydrogen-bond donors (Lipinski definition) is 2. The first kappa shape index (κ1) is 51.1. The number of carbonyl (C=O) groups excluding carboxylic acids is 1. The molecule has 310 valence electrons. The molecule has 0 aromatic rings. The summed E-state index contributed by atoms with van der Waals surface area (Å²) in [5.41, 5.74) is 5.37. The Morgan fingerprint density at radius 1 is 0.577 bits per heavy atom. The van der Waals surface area contributed by atoms with Crippen molar-refractivity contribution in [2.75, 3.05) is 26.4 Å². The SMILES string of the molecule is CCCCCCCCCCCCCCCC/C=C\O[C@H](COC(=O)CCCCCCCCCCCCCCCCCCC)COP(=O)(O)OCCN. The van der Waals surface area contributed by atoms with Gasteiger partial charge in [-0.15, -0.1) is 0 Å². The van der Waals surface area contributed by atoms with E-state index in [1.54, 1.807) is 6.26 Å². The second-order valence-electron chi connectivity index (χ2n) is 15.0. The Bertz CT molecular complexity index is 812. The van der Waals surface area contributed by atoms with E-state index in [1.807, 2.05) is 6.08 Å². The van der Waals surface area contributed by atoms with E-state index in [-0.39, 0.29) is 32.3 Å². The lowest BCUT2D eigenvalue weighted by molar-refractivity contribution is -0.147. The minimum absolute atomic E-state index is 0.0577. The number of nitrogens with two attached hydrogens (primary N) is 1. The van der Waals surface area contributed by atoms with E-state index < -0.39 is 13.9 Å². The van der Waals surface area contributed by atoms with Crippen molar-refractivity contribution in [1.82, 2.24) is 0 Å². The molecule has 9 heteroatoms. The summed E-state index contributed by atoms with van der Waals surface area (Å²) >= 11 is 0. The smallest absolute Gasteiger partial charge is 0.472 e. The molecule has 2 atom stereocenters. The molecule has 0 aromatic carbocycles. The average Bonchev–Trinajstić information content (AvgIpc) is 3.14. The monoisotopic (exact) mass is 760 g/mol. The molecule has 0 aliphatic heterocycles. The first-order chi connectivity index (χ1) is 25.4. The molecule has 0 aliphatic rings. The molecule has 0 aliphatic carbocycles. The van der Waals surface area contributed by atoms with Crippen molar-refractivity contribution in [1.29, 1.82) is 0 Å². The van der Waals surface area contributed by atoms with Crippen LogP contribution in [0.2, 0.25) is 0 Å². The van der Waals surface area contributed by atoms with E-state index in [9.17, 15) is 14.3 Å². The Hall–Kier alpha value is -0.920. The molecule has 0 aromatic heterocycles. The van der Waals surface area contributed by atoms with E-state index in [0.717, 1.165) is 32.1 Å². The molecule has 0 bridgehead atoms. The summed E-state index contributed by atoms with van der Waals surface area (Å²) in [7, 11) is -4.26. The molecule has 52 heavy (non-hydrogen) atoms. The van der Waals surface area contributed by atoms with Crippen LogP contribution in [0.15, 0.2) is 12.3 Å². The fourth-order valence-electron chi connectivity index (χ4n) is 6.45. The van der Waals surface area contributed by atoms with Crippen molar-refractivity contribution in [2.45, 2.75) is 232 Å². The van der Waals surface area contributed by atoms with Gasteiger partial charge in [0.1, 0.15) is 6.61 Å². The van der Waals surface area contributed by atoms with Gasteiger partial charge in [-0.2, -0.15) is 0 Å². The van der Waals surface area contributed by atoms with Crippen LogP contribution in [0.25, 0.3) is 0 Å². The van der Waals surface area contributed by atoms with Gasteiger partial charge >= 0.3 is 13.8 Å². The second kappa shape index (κ2) is 41.2. The minimum atomic E-state index is -4.26. The van der Waals surface area contributed by atoms with Gasteiger partial charge in [0, 0.05) is 13.0 Å². The van der Waals surface area contributed by atoms with Crippen LogP contribution in [0.3, 0.4) is 0 Å². The lowest BCUT2D eigenvalue weighted by atomic mass is 10.0. The number of esters is 1. The van der Waals surface area contributed by atoms with Crippen molar-refractivity contribution in [3.05, 3.63) is 12.3 Å². The highest BCUT2D eigenvalue weighted by atomic mass is 31.2. The van der Waals surface area contributed by atoms with E-state index in [1.165, 1.54) is 173 Å². The predicted octanol–water partition coefficient (Wildman–Crippen LogP) is 13.4. The maximum absolute atomic E-state index is 12.4. The molecule has 0 saturated heterocycles. The number of phosphoric ester groups is 1. The summed E-state index contributed by atoms with van der Waals surface area (Å²) in [5.74, 6) is -0.285. The van der Waals surface area contributed by atoms with Crippen LogP contribution < -0.4 is 5.73 Å². The van der Waals surface area contributed by atoms with Crippen LogP contribution in [-0.4, -0.2) is 43.3 Å². The third-order valence-corrected chi connectivity index (χ3v) is 10.8. The lowest BCUT2D eigenvalue weighted by Crippen LogP contribution is -2.25. The summed E-state index contributed by atoms with van der Waals surface area (Å²) in [6.07, 6.45) is 44.7. The van der Waals surface area contributed by atoms with Gasteiger partial charge in [0.15, 0.2) is 6.10 Å². The maximum Gasteiger partial charge on any atom is 0.472 e. The van der Waals surface area contributed by atoms with E-state index in [0.29, 0.717) is 6.42 Å². The van der Waals surface area contributed by atoms with Crippen molar-refractivity contribution < 1.29 is 32.8 Å². The molecule has 1 unspecified atom stereocenters. The second-order valence-corrected chi connectivity index (χ2v) is 16.4. The van der Waals surface area contributed by atoms with Crippen molar-refractivity contribution >= 4 is 13.8 Å². The Morgan fingerprint density at radius 2 is 0.962 bits per heavy atom. The average molecular weight is 760 g/mol. The molecule has 0 amide bonds. The topological polar surface area (TPSA) is 117 Å². The summed E-state index contributed by atoms with van der Waals surface area (Å²) in [6, 6.07) is 0. The highest BCUT2D eigenvalue weighted by Crippen LogP contribution is 2.43. The number of hydrogen-bond acceptors (Lipinski definition) is 7. The van der Waals surface area contributed by atoms with Crippen LogP contribution in [0, 0.1) is 0 Å². The number of allylic oxidation sites excluding steroid dienone is 1. The molecule has 0 heterocycles. The lowest BCUT2D eigenvalue weighted by Gasteiger charge is -2.19. The van der Waals surface area contributed by atoms with Crippen molar-refractivity contribution in [2.24, 2.45) is 5.73 Å². The summed E-state index contributed by atoms with van der Waals surface area (Å²) in [4.78, 5) is 22.3. The molecule has 0 rings (SSSR count). The van der Waals surface area contributed by atoms with Crippen LogP contribution in [0.4, 0.5) is 0 Å². The van der Waals surface area contributed by atoms with E-state index in [2.05, 4.69) is 13.8 Å². The molecule has 8 nitrogen and oxygen atoms in total. The third kappa shape index (κ3) is 40.3. The van der Waals surface area contributed by atoms with Crippen LogP contribution in [-0.2, 0) is 27.9 Å². The van der Waals surface area contributed by atoms with Gasteiger partial charge in [-0.1, -0.05) is 200 Å². The number of rotatable bonds is 43. The van der Waals surface area contributed by atoms with Gasteiger partial charge in [0.2, 0.25) is 0 Å². The van der Waals surface area contributed by atoms with Crippen molar-refractivity contribution in [3.8, 4) is 0 Å². The first-order valence-corrected chi connectivity index (χ1v) is 23.7. The third-order valence-electron chi connectivity index (χ3n) is 9.80. The van der Waals surface area contributed by atoms with Gasteiger partial charge in [-0.25, -0.2) is 4.57 Å². The molecule has 0 saturated carbocycles. The Labute approximate surface area is 322 Å². The van der Waals surface area contributed by atoms with Gasteiger partial charge < -0.3 is 20.1 Å². The normalized spacial score (nSPS) is 13.5. The van der Waals surface area contributed by atoms with Crippen LogP contribution in [0.1, 0.15) is 226 Å². The zero-order valence-corrected chi connectivity index (χ0v) is 35.2. The van der Waals surface area contributed by atoms with Gasteiger partial charge in [0.05, 0.1) is 19.5 Å². The summed E-state index contributed by atoms with van der Waals surface area (Å²) < 4.78 is 33.2. The standard InChI is InChI=1S/C43H86NO7P/c1-3-5-7-9-11-13-15-17-19-21-22-24-26-28-30-32-34-36-43(45)49-40-42(41-51-52(46,47)50-39-37-44)48-38-35-33-31-29-27-25-23-20-18-16-14-12-10-8-6-4-2/h35,38,42H,3-34,36-37,39-41,44H2,1-2H3,(H,46,47)/b38-35-/t42-/m1/s1. The largest absolute Gasteiger partial charge is 0.492 e. The van der Waals surface area contributed by atoms with Crippen LogP contribution >= 0.6 is 7.82 Å². The molecule has 3 N–H and O–H groups in total. The van der Waals surface area contributed by atoms with Crippen LogP contribution in [0.5, 0.6) is 0 Å². The summed E-state index contributed by atoms with van der Waals surface area (Å²) in [6.45, 7) is 4.26.